The van der Waals surface area contributed by atoms with E-state index in [0.717, 1.165) is 17.9 Å². The van der Waals surface area contributed by atoms with Crippen LogP contribution in [0.25, 0.3) is 0 Å². The van der Waals surface area contributed by atoms with Gasteiger partial charge in [0.25, 0.3) is 0 Å². The van der Waals surface area contributed by atoms with E-state index < -0.39 is 8.07 Å². The lowest BCUT2D eigenvalue weighted by Crippen LogP contribution is -2.36. The fraction of sp³-hybridized carbons (Fsp3) is 1.00. The quantitative estimate of drug-likeness (QED) is 0.621. The Bertz CT molecular complexity index is 185. The number of rotatable bonds is 1. The molecule has 70 valence electrons. The summed E-state index contributed by atoms with van der Waals surface area (Å²) in [5.74, 6) is 1.56. The van der Waals surface area contributed by atoms with Gasteiger partial charge in [0.05, 0.1) is 6.10 Å². The van der Waals surface area contributed by atoms with Crippen molar-refractivity contribution in [3.8, 4) is 0 Å². The molecule has 0 aromatic carbocycles. The third-order valence-electron chi connectivity index (χ3n) is 3.89. The minimum absolute atomic E-state index is 0.0560. The molecule has 0 radical (unpaired) electrons. The molecule has 0 spiro atoms. The summed E-state index contributed by atoms with van der Waals surface area (Å²) in [7, 11) is -0.980. The van der Waals surface area contributed by atoms with E-state index in [1.165, 1.54) is 12.8 Å². The first-order valence-corrected chi connectivity index (χ1v) is 8.74. The first-order chi connectivity index (χ1) is 5.48. The minimum Gasteiger partial charge on any atom is -0.393 e. The smallest absolute Gasteiger partial charge is 0.0571 e. The molecular weight excluding hydrogens is 164 g/mol. The molecule has 1 N–H and O–H groups in total. The summed E-state index contributed by atoms with van der Waals surface area (Å²) in [6.45, 7) is 7.35. The van der Waals surface area contributed by atoms with Crippen LogP contribution in [0.1, 0.15) is 19.3 Å². The predicted octanol–water partition coefficient (Wildman–Crippen LogP) is 2.49. The van der Waals surface area contributed by atoms with Gasteiger partial charge in [0.1, 0.15) is 0 Å². The van der Waals surface area contributed by atoms with E-state index in [9.17, 15) is 5.11 Å². The lowest BCUT2D eigenvalue weighted by molar-refractivity contribution is 0.112. The Hall–Kier alpha value is 0.177. The van der Waals surface area contributed by atoms with Gasteiger partial charge in [-0.25, -0.2) is 0 Å². The van der Waals surface area contributed by atoms with Gasteiger partial charge in [0.2, 0.25) is 0 Å². The van der Waals surface area contributed by atoms with E-state index in [1.807, 2.05) is 0 Å². The molecule has 2 heteroatoms. The van der Waals surface area contributed by atoms with E-state index in [1.54, 1.807) is 0 Å². The molecule has 1 nitrogen and oxygen atoms in total. The predicted molar refractivity (Wildman–Crippen MR) is 53.9 cm³/mol. The van der Waals surface area contributed by atoms with Crippen molar-refractivity contribution in [2.75, 3.05) is 0 Å². The highest BCUT2D eigenvalue weighted by Crippen LogP contribution is 2.55. The second-order valence-electron chi connectivity index (χ2n) is 5.78. The molecule has 2 saturated carbocycles. The zero-order valence-electron chi connectivity index (χ0n) is 8.38. The average molecular weight is 184 g/mol. The number of hydrogen-bond donors (Lipinski definition) is 1. The molecule has 2 fully saturated rings. The topological polar surface area (TPSA) is 20.2 Å². The highest BCUT2D eigenvalue weighted by molar-refractivity contribution is 6.77. The van der Waals surface area contributed by atoms with Gasteiger partial charge in [0.15, 0.2) is 0 Å². The Morgan fingerprint density at radius 1 is 1.08 bits per heavy atom. The monoisotopic (exact) mass is 184 g/mol. The standard InChI is InChI=1S/C10H20OSi/c1-12(2,3)10-6-7-4-8(10)9(11)5-7/h7-11H,4-6H2,1-3H3. The van der Waals surface area contributed by atoms with Crippen molar-refractivity contribution >= 4 is 8.07 Å². The zero-order chi connectivity index (χ0) is 8.93. The minimum atomic E-state index is -0.980. The average Bonchev–Trinajstić information content (AvgIpc) is 2.41. The van der Waals surface area contributed by atoms with Gasteiger partial charge in [-0.1, -0.05) is 19.6 Å². The Balaban J connectivity index is 2.12. The van der Waals surface area contributed by atoms with Gasteiger partial charge in [-0.3, -0.25) is 0 Å². The van der Waals surface area contributed by atoms with Crippen LogP contribution in [0.5, 0.6) is 0 Å². The molecule has 12 heavy (non-hydrogen) atoms. The van der Waals surface area contributed by atoms with E-state index in [4.69, 9.17) is 0 Å². The summed E-state index contributed by atoms with van der Waals surface area (Å²) in [4.78, 5) is 0. The van der Waals surface area contributed by atoms with Gasteiger partial charge < -0.3 is 5.11 Å². The molecule has 2 rings (SSSR count). The van der Waals surface area contributed by atoms with Crippen molar-refractivity contribution in [3.63, 3.8) is 0 Å². The molecule has 0 aromatic heterocycles. The van der Waals surface area contributed by atoms with Gasteiger partial charge in [-0.2, -0.15) is 0 Å². The molecule has 0 saturated heterocycles. The zero-order valence-corrected chi connectivity index (χ0v) is 9.38. The number of aliphatic hydroxyl groups excluding tert-OH is 1. The van der Waals surface area contributed by atoms with E-state index >= 15 is 0 Å². The van der Waals surface area contributed by atoms with Crippen LogP contribution in [0.4, 0.5) is 0 Å². The van der Waals surface area contributed by atoms with E-state index in [2.05, 4.69) is 19.6 Å². The Kier molecular flexibility index (Phi) is 1.88. The van der Waals surface area contributed by atoms with Crippen LogP contribution in [0, 0.1) is 11.8 Å². The largest absolute Gasteiger partial charge is 0.393 e. The molecule has 0 aliphatic heterocycles. The number of hydrogen-bond acceptors (Lipinski definition) is 1. The van der Waals surface area contributed by atoms with Gasteiger partial charge in [-0.05, 0) is 36.6 Å². The number of aliphatic hydroxyl groups is 1. The molecule has 4 atom stereocenters. The normalized spacial score (nSPS) is 47.0. The SMILES string of the molecule is C[Si](C)(C)C1CC2CC(O)C1C2. The summed E-state index contributed by atoms with van der Waals surface area (Å²) >= 11 is 0. The van der Waals surface area contributed by atoms with Crippen LogP contribution < -0.4 is 0 Å². The van der Waals surface area contributed by atoms with Crippen LogP contribution in [-0.2, 0) is 0 Å². The summed E-state index contributed by atoms with van der Waals surface area (Å²) in [5, 5.41) is 9.78. The van der Waals surface area contributed by atoms with Crippen LogP contribution >= 0.6 is 0 Å². The van der Waals surface area contributed by atoms with Crippen LogP contribution in [0.3, 0.4) is 0 Å². The van der Waals surface area contributed by atoms with E-state index in [0.29, 0.717) is 5.92 Å². The van der Waals surface area contributed by atoms with Gasteiger partial charge in [-0.15, -0.1) is 0 Å². The van der Waals surface area contributed by atoms with Crippen LogP contribution in [0.15, 0.2) is 0 Å². The third kappa shape index (κ3) is 1.25. The summed E-state index contributed by atoms with van der Waals surface area (Å²) in [6.07, 6.45) is 3.92. The molecule has 4 unspecified atom stereocenters. The Morgan fingerprint density at radius 3 is 2.08 bits per heavy atom. The molecule has 2 bridgehead atoms. The van der Waals surface area contributed by atoms with Crippen LogP contribution in [0.2, 0.25) is 25.2 Å². The summed E-state index contributed by atoms with van der Waals surface area (Å²) in [5.41, 5.74) is 0.909. The van der Waals surface area contributed by atoms with Crippen molar-refractivity contribution in [2.45, 2.75) is 50.5 Å². The lowest BCUT2D eigenvalue weighted by Gasteiger charge is -2.35. The van der Waals surface area contributed by atoms with Gasteiger partial charge in [0, 0.05) is 8.07 Å². The maximum absolute atomic E-state index is 9.78. The maximum atomic E-state index is 9.78. The Labute approximate surface area is 76.2 Å². The summed E-state index contributed by atoms with van der Waals surface area (Å²) < 4.78 is 0. The van der Waals surface area contributed by atoms with Crippen molar-refractivity contribution in [3.05, 3.63) is 0 Å². The molecule has 0 aromatic rings. The second-order valence-corrected chi connectivity index (χ2v) is 11.3. The third-order valence-corrected chi connectivity index (χ3v) is 6.78. The number of fused-ring (bicyclic) bond motifs is 2. The van der Waals surface area contributed by atoms with Crippen molar-refractivity contribution < 1.29 is 5.11 Å². The first-order valence-electron chi connectivity index (χ1n) is 5.16. The molecule has 0 heterocycles. The first kappa shape index (κ1) is 8.76. The summed E-state index contributed by atoms with van der Waals surface area (Å²) in [6, 6.07) is 0. The maximum Gasteiger partial charge on any atom is 0.0571 e. The Morgan fingerprint density at radius 2 is 1.75 bits per heavy atom. The fourth-order valence-electron chi connectivity index (χ4n) is 3.31. The second kappa shape index (κ2) is 2.58. The fourth-order valence-corrected chi connectivity index (χ4v) is 5.99. The van der Waals surface area contributed by atoms with Crippen molar-refractivity contribution in [1.82, 2.24) is 0 Å². The highest BCUT2D eigenvalue weighted by Gasteiger charge is 2.49. The van der Waals surface area contributed by atoms with Crippen molar-refractivity contribution in [1.29, 1.82) is 0 Å². The molecule has 0 amide bonds. The van der Waals surface area contributed by atoms with Crippen LogP contribution in [-0.4, -0.2) is 19.3 Å². The molecule has 2 aliphatic rings. The lowest BCUT2D eigenvalue weighted by atomic mass is 9.97. The highest BCUT2D eigenvalue weighted by atomic mass is 28.3. The van der Waals surface area contributed by atoms with Gasteiger partial charge >= 0.3 is 0 Å². The van der Waals surface area contributed by atoms with Crippen molar-refractivity contribution in [2.24, 2.45) is 11.8 Å². The molecule has 2 aliphatic carbocycles. The van der Waals surface area contributed by atoms with E-state index in [-0.39, 0.29) is 6.10 Å². The molecular formula is C10H20OSi.